The molecular weight excluding hydrogens is 180 g/mol. The van der Waals surface area contributed by atoms with Crippen molar-refractivity contribution in [3.8, 4) is 0 Å². The molecule has 0 aromatic heterocycles. The molecular formula is C15H24. The quantitative estimate of drug-likeness (QED) is 0.590. The molecule has 0 aliphatic heterocycles. The van der Waals surface area contributed by atoms with Crippen molar-refractivity contribution in [2.45, 2.75) is 59.3 Å². The van der Waals surface area contributed by atoms with E-state index in [1.807, 2.05) is 0 Å². The zero-order valence-electron chi connectivity index (χ0n) is 10.5. The standard InChI is InChI=1S/C15H24/c1-4-6-7-9-15-11-13(3)10-14(12-15)8-5-2/h10-12H,4-9H2,1-3H3. The van der Waals surface area contributed by atoms with Crippen LogP contribution < -0.4 is 0 Å². The molecule has 0 aliphatic rings. The SMILES string of the molecule is CCCCCc1cc(C)cc(CCC)c1. The van der Waals surface area contributed by atoms with Gasteiger partial charge in [0.05, 0.1) is 0 Å². The van der Waals surface area contributed by atoms with Crippen LogP contribution in [0.15, 0.2) is 18.2 Å². The van der Waals surface area contributed by atoms with Crippen molar-refractivity contribution < 1.29 is 0 Å². The highest BCUT2D eigenvalue weighted by Gasteiger charge is 1.98. The predicted octanol–water partition coefficient (Wildman–Crippen LogP) is 4.68. The highest BCUT2D eigenvalue weighted by atomic mass is 14.0. The maximum absolute atomic E-state index is 2.40. The summed E-state index contributed by atoms with van der Waals surface area (Å²) in [5.74, 6) is 0. The first-order valence-electron chi connectivity index (χ1n) is 6.35. The molecule has 0 radical (unpaired) electrons. The van der Waals surface area contributed by atoms with Crippen LogP contribution in [-0.2, 0) is 12.8 Å². The Morgan fingerprint density at radius 1 is 0.800 bits per heavy atom. The molecule has 0 bridgehead atoms. The van der Waals surface area contributed by atoms with Gasteiger partial charge in [0, 0.05) is 0 Å². The highest BCUT2D eigenvalue weighted by Crippen LogP contribution is 2.14. The molecule has 1 rings (SSSR count). The van der Waals surface area contributed by atoms with E-state index in [0.29, 0.717) is 0 Å². The number of rotatable bonds is 6. The molecule has 0 nitrogen and oxygen atoms in total. The van der Waals surface area contributed by atoms with E-state index in [4.69, 9.17) is 0 Å². The Hall–Kier alpha value is -0.780. The van der Waals surface area contributed by atoms with Crippen LogP contribution in [0.1, 0.15) is 56.2 Å². The molecule has 0 N–H and O–H groups in total. The van der Waals surface area contributed by atoms with Crippen molar-refractivity contribution in [2.24, 2.45) is 0 Å². The predicted molar refractivity (Wildman–Crippen MR) is 68.4 cm³/mol. The number of unbranched alkanes of at least 4 members (excludes halogenated alkanes) is 2. The molecule has 1 aromatic rings. The third kappa shape index (κ3) is 4.51. The van der Waals surface area contributed by atoms with Gasteiger partial charge in [0.1, 0.15) is 0 Å². The molecule has 0 fully saturated rings. The smallest absolute Gasteiger partial charge is 0.0279 e. The number of hydrogen-bond donors (Lipinski definition) is 0. The first kappa shape index (κ1) is 12.3. The van der Waals surface area contributed by atoms with E-state index in [-0.39, 0.29) is 0 Å². The molecule has 0 saturated heterocycles. The molecule has 0 unspecified atom stereocenters. The van der Waals surface area contributed by atoms with Crippen LogP contribution >= 0.6 is 0 Å². The Kier molecular flexibility index (Phi) is 5.45. The summed E-state index contributed by atoms with van der Waals surface area (Å²) in [7, 11) is 0. The first-order valence-corrected chi connectivity index (χ1v) is 6.35. The monoisotopic (exact) mass is 204 g/mol. The molecule has 84 valence electrons. The van der Waals surface area contributed by atoms with E-state index in [2.05, 4.69) is 39.0 Å². The fraction of sp³-hybridized carbons (Fsp3) is 0.600. The maximum atomic E-state index is 2.40. The van der Waals surface area contributed by atoms with E-state index < -0.39 is 0 Å². The van der Waals surface area contributed by atoms with Gasteiger partial charge in [-0.25, -0.2) is 0 Å². The lowest BCUT2D eigenvalue weighted by Crippen LogP contribution is -1.91. The summed E-state index contributed by atoms with van der Waals surface area (Å²) >= 11 is 0. The summed E-state index contributed by atoms with van der Waals surface area (Å²) in [6.45, 7) is 6.72. The van der Waals surface area contributed by atoms with Gasteiger partial charge in [0.2, 0.25) is 0 Å². The number of aryl methyl sites for hydroxylation is 3. The second-order valence-corrected chi connectivity index (χ2v) is 4.53. The summed E-state index contributed by atoms with van der Waals surface area (Å²) in [4.78, 5) is 0. The van der Waals surface area contributed by atoms with Crippen LogP contribution in [0.2, 0.25) is 0 Å². The number of hydrogen-bond acceptors (Lipinski definition) is 0. The van der Waals surface area contributed by atoms with E-state index in [1.54, 1.807) is 0 Å². The van der Waals surface area contributed by atoms with Gasteiger partial charge >= 0.3 is 0 Å². The Morgan fingerprint density at radius 2 is 1.47 bits per heavy atom. The van der Waals surface area contributed by atoms with Gasteiger partial charge in [-0.3, -0.25) is 0 Å². The van der Waals surface area contributed by atoms with Crippen LogP contribution in [0.5, 0.6) is 0 Å². The van der Waals surface area contributed by atoms with Gasteiger partial charge in [-0.1, -0.05) is 56.9 Å². The van der Waals surface area contributed by atoms with Crippen molar-refractivity contribution in [2.75, 3.05) is 0 Å². The van der Waals surface area contributed by atoms with Crippen molar-refractivity contribution in [1.82, 2.24) is 0 Å². The third-order valence-electron chi connectivity index (χ3n) is 2.80. The third-order valence-corrected chi connectivity index (χ3v) is 2.80. The Balaban J connectivity index is 2.62. The molecule has 15 heavy (non-hydrogen) atoms. The van der Waals surface area contributed by atoms with Crippen LogP contribution in [-0.4, -0.2) is 0 Å². The Bertz CT molecular complexity index is 286. The topological polar surface area (TPSA) is 0 Å². The first-order chi connectivity index (χ1) is 7.26. The summed E-state index contributed by atoms with van der Waals surface area (Å²) in [6, 6.07) is 7.06. The van der Waals surface area contributed by atoms with Gasteiger partial charge in [-0.05, 0) is 37.3 Å². The maximum Gasteiger partial charge on any atom is -0.0279 e. The molecule has 0 atom stereocenters. The summed E-state index contributed by atoms with van der Waals surface area (Å²) in [5, 5.41) is 0. The second-order valence-electron chi connectivity index (χ2n) is 4.53. The largest absolute Gasteiger partial charge is 0.0654 e. The van der Waals surface area contributed by atoms with Crippen molar-refractivity contribution in [3.63, 3.8) is 0 Å². The minimum atomic E-state index is 1.22. The molecule has 0 saturated carbocycles. The molecule has 0 spiro atoms. The van der Waals surface area contributed by atoms with Gasteiger partial charge in [0.15, 0.2) is 0 Å². The van der Waals surface area contributed by atoms with Gasteiger partial charge < -0.3 is 0 Å². The van der Waals surface area contributed by atoms with Crippen LogP contribution in [0.3, 0.4) is 0 Å². The highest BCUT2D eigenvalue weighted by molar-refractivity contribution is 5.29. The Morgan fingerprint density at radius 3 is 2.07 bits per heavy atom. The van der Waals surface area contributed by atoms with Crippen molar-refractivity contribution >= 4 is 0 Å². The lowest BCUT2D eigenvalue weighted by atomic mass is 9.99. The minimum Gasteiger partial charge on any atom is -0.0654 e. The van der Waals surface area contributed by atoms with E-state index >= 15 is 0 Å². The van der Waals surface area contributed by atoms with E-state index in [9.17, 15) is 0 Å². The lowest BCUT2D eigenvalue weighted by molar-refractivity contribution is 0.716. The lowest BCUT2D eigenvalue weighted by Gasteiger charge is -2.06. The normalized spacial score (nSPS) is 10.6. The van der Waals surface area contributed by atoms with E-state index in [0.717, 1.165) is 0 Å². The number of benzene rings is 1. The van der Waals surface area contributed by atoms with Crippen LogP contribution in [0, 0.1) is 6.92 Å². The average molecular weight is 204 g/mol. The van der Waals surface area contributed by atoms with E-state index in [1.165, 1.54) is 55.2 Å². The summed E-state index contributed by atoms with van der Waals surface area (Å²) in [6.07, 6.45) is 7.74. The van der Waals surface area contributed by atoms with Crippen molar-refractivity contribution in [1.29, 1.82) is 0 Å². The van der Waals surface area contributed by atoms with Gasteiger partial charge in [-0.15, -0.1) is 0 Å². The Labute approximate surface area is 94.7 Å². The van der Waals surface area contributed by atoms with Crippen LogP contribution in [0.25, 0.3) is 0 Å². The molecule has 0 aliphatic carbocycles. The zero-order chi connectivity index (χ0) is 11.1. The molecule has 1 aromatic carbocycles. The minimum absolute atomic E-state index is 1.22. The summed E-state index contributed by atoms with van der Waals surface area (Å²) in [5.41, 5.74) is 4.48. The fourth-order valence-corrected chi connectivity index (χ4v) is 2.10. The van der Waals surface area contributed by atoms with Crippen molar-refractivity contribution in [3.05, 3.63) is 34.9 Å². The summed E-state index contributed by atoms with van der Waals surface area (Å²) < 4.78 is 0. The van der Waals surface area contributed by atoms with Gasteiger partial charge in [0.25, 0.3) is 0 Å². The average Bonchev–Trinajstić information content (AvgIpc) is 2.18. The fourth-order valence-electron chi connectivity index (χ4n) is 2.10. The molecule has 0 heterocycles. The molecule has 0 heteroatoms. The van der Waals surface area contributed by atoms with Gasteiger partial charge in [-0.2, -0.15) is 0 Å². The van der Waals surface area contributed by atoms with Crippen LogP contribution in [0.4, 0.5) is 0 Å². The second kappa shape index (κ2) is 6.66. The zero-order valence-corrected chi connectivity index (χ0v) is 10.5. The molecule has 0 amide bonds.